The molecule has 15 nitrogen and oxygen atoms in total. The predicted molar refractivity (Wildman–Crippen MR) is 221 cm³/mol. The number of carbonyl (C=O) groups excluding carboxylic acids is 1. The van der Waals surface area contributed by atoms with E-state index in [2.05, 4.69) is 21.0 Å². The fraction of sp³-hybridized carbons (Fsp3) is 0.829. The number of hydrogen-bond acceptors (Lipinski definition) is 13. The SMILES string of the molecule is CN1C2CCC1C(C(=O)CCCCCCCCCCCCCOP(=O)(O)OCCOCCOCCOCCOCCOCCOP(=O)(O)OCF)C(c1ccc(F)cc1)C2. The monoisotopic (exact) mass is 901 g/mol. The van der Waals surface area contributed by atoms with Crippen molar-refractivity contribution in [1.29, 1.82) is 0 Å². The van der Waals surface area contributed by atoms with Crippen LogP contribution in [0.4, 0.5) is 8.78 Å². The van der Waals surface area contributed by atoms with E-state index in [0.29, 0.717) is 63.7 Å². The molecule has 0 radical (unpaired) electrons. The molecule has 1 aromatic carbocycles. The lowest BCUT2D eigenvalue weighted by Crippen LogP contribution is -2.48. The second kappa shape index (κ2) is 31.6. The second-order valence-electron chi connectivity index (χ2n) is 15.2. The fourth-order valence-corrected chi connectivity index (χ4v) is 9.08. The Hall–Kier alpha value is -1.27. The van der Waals surface area contributed by atoms with Gasteiger partial charge in [-0.25, -0.2) is 17.9 Å². The van der Waals surface area contributed by atoms with Gasteiger partial charge in [-0.1, -0.05) is 69.9 Å². The number of alkyl halides is 1. The van der Waals surface area contributed by atoms with E-state index in [1.54, 1.807) is 0 Å². The van der Waals surface area contributed by atoms with Gasteiger partial charge in [0.2, 0.25) is 0 Å². The topological polar surface area (TPSA) is 178 Å². The number of piperidine rings is 1. The van der Waals surface area contributed by atoms with Crippen LogP contribution in [0.15, 0.2) is 24.3 Å². The lowest BCUT2D eigenvalue weighted by Gasteiger charge is -2.42. The van der Waals surface area contributed by atoms with Gasteiger partial charge in [0.25, 0.3) is 0 Å². The van der Waals surface area contributed by atoms with Gasteiger partial charge in [-0.05, 0) is 62.8 Å². The Bertz CT molecular complexity index is 1370. The van der Waals surface area contributed by atoms with Crippen LogP contribution in [0.25, 0.3) is 0 Å². The third kappa shape index (κ3) is 22.9. The van der Waals surface area contributed by atoms with Gasteiger partial charge in [-0.15, -0.1) is 0 Å². The summed E-state index contributed by atoms with van der Waals surface area (Å²) in [4.78, 5) is 34.9. The highest BCUT2D eigenvalue weighted by atomic mass is 31.2. The standard InChI is InChI=1S/C41H71F2NO14P2/c1-44-37-18-19-39(44)41(38(33-37)35-14-16-36(43)17-15-35)40(45)13-11-9-7-5-3-2-4-6-8-10-12-20-55-59(46,47)56-31-29-53-27-25-51-23-21-50-22-24-52-26-28-54-30-32-57-60(48,49)58-34-42/h14-17,37-39,41H,2-13,18-34H2,1H3,(H,46,47)(H,48,49). The van der Waals surface area contributed by atoms with Crippen molar-refractivity contribution in [3.05, 3.63) is 35.6 Å². The Labute approximate surface area is 355 Å². The van der Waals surface area contributed by atoms with E-state index >= 15 is 0 Å². The Kier molecular flexibility index (Phi) is 27.9. The highest BCUT2D eigenvalue weighted by Gasteiger charge is 2.48. The molecule has 0 aliphatic carbocycles. The number of phosphoric ester groups is 2. The Balaban J connectivity index is 1.02. The predicted octanol–water partition coefficient (Wildman–Crippen LogP) is 7.92. The minimum Gasteiger partial charge on any atom is -0.377 e. The Morgan fingerprint density at radius 2 is 1.03 bits per heavy atom. The van der Waals surface area contributed by atoms with E-state index < -0.39 is 22.5 Å². The largest absolute Gasteiger partial charge is 0.474 e. The van der Waals surface area contributed by atoms with Crippen LogP contribution in [0.3, 0.4) is 0 Å². The Morgan fingerprint density at radius 3 is 1.52 bits per heavy atom. The van der Waals surface area contributed by atoms with E-state index in [1.807, 2.05) is 12.1 Å². The Morgan fingerprint density at radius 1 is 0.617 bits per heavy atom. The highest BCUT2D eigenvalue weighted by Crippen LogP contribution is 2.47. The molecule has 6 atom stereocenters. The summed E-state index contributed by atoms with van der Waals surface area (Å²) < 4.78 is 93.7. The summed E-state index contributed by atoms with van der Waals surface area (Å²) in [7, 11) is -6.32. The summed E-state index contributed by atoms with van der Waals surface area (Å²) in [5.41, 5.74) is 1.11. The molecule has 2 fully saturated rings. The molecule has 6 unspecified atom stereocenters. The summed E-state index contributed by atoms with van der Waals surface area (Å²) >= 11 is 0. The molecule has 0 spiro atoms. The molecule has 2 bridgehead atoms. The summed E-state index contributed by atoms with van der Waals surface area (Å²) in [6.45, 7) is 1.15. The summed E-state index contributed by atoms with van der Waals surface area (Å²) in [6, 6.07) is 7.62. The first kappa shape index (κ1) is 53.1. The summed E-state index contributed by atoms with van der Waals surface area (Å²) in [5, 5.41) is 0. The summed E-state index contributed by atoms with van der Waals surface area (Å²) in [6.07, 6.45) is 15.5. The van der Waals surface area contributed by atoms with Gasteiger partial charge in [-0.3, -0.25) is 27.8 Å². The van der Waals surface area contributed by atoms with Crippen LogP contribution in [0.1, 0.15) is 108 Å². The number of ether oxygens (including phenoxy) is 5. The maximum Gasteiger partial charge on any atom is 0.474 e. The van der Waals surface area contributed by atoms with Crippen molar-refractivity contribution < 1.29 is 74.3 Å². The molecule has 60 heavy (non-hydrogen) atoms. The first-order valence-corrected chi connectivity index (χ1v) is 24.7. The van der Waals surface area contributed by atoms with Gasteiger partial charge in [0.1, 0.15) is 11.6 Å². The number of phosphoric acid groups is 2. The maximum absolute atomic E-state index is 13.6. The number of unbranched alkanes of at least 4 members (excludes halogenated alkanes) is 10. The average molecular weight is 902 g/mol. The van der Waals surface area contributed by atoms with Crippen molar-refractivity contribution in [2.75, 3.05) is 99.8 Å². The number of halogens is 2. The van der Waals surface area contributed by atoms with Crippen molar-refractivity contribution in [1.82, 2.24) is 4.90 Å². The zero-order valence-electron chi connectivity index (χ0n) is 35.5. The minimum atomic E-state index is -4.36. The molecule has 1 aromatic rings. The van der Waals surface area contributed by atoms with E-state index in [4.69, 9.17) is 37.6 Å². The van der Waals surface area contributed by atoms with E-state index in [1.165, 1.54) is 37.8 Å². The van der Waals surface area contributed by atoms with Gasteiger partial charge in [0, 0.05) is 24.4 Å². The zero-order chi connectivity index (χ0) is 43.3. The van der Waals surface area contributed by atoms with Gasteiger partial charge in [-0.2, -0.15) is 0 Å². The number of rotatable bonds is 39. The van der Waals surface area contributed by atoms with Crippen LogP contribution < -0.4 is 0 Å². The van der Waals surface area contributed by atoms with Gasteiger partial charge < -0.3 is 33.5 Å². The highest BCUT2D eigenvalue weighted by molar-refractivity contribution is 7.47. The molecule has 0 amide bonds. The number of nitrogens with zero attached hydrogens (tertiary/aromatic N) is 1. The van der Waals surface area contributed by atoms with Crippen LogP contribution in [-0.4, -0.2) is 132 Å². The molecule has 0 aromatic heterocycles. The van der Waals surface area contributed by atoms with Crippen molar-refractivity contribution in [2.24, 2.45) is 5.92 Å². The van der Waals surface area contributed by atoms with Gasteiger partial charge in [0.15, 0.2) is 6.86 Å². The van der Waals surface area contributed by atoms with Crippen LogP contribution in [0, 0.1) is 11.7 Å². The van der Waals surface area contributed by atoms with Crippen LogP contribution in [-0.2, 0) is 55.7 Å². The second-order valence-corrected chi connectivity index (χ2v) is 18.1. The minimum absolute atomic E-state index is 0.00453. The molecule has 3 rings (SSSR count). The van der Waals surface area contributed by atoms with Crippen LogP contribution >= 0.6 is 15.6 Å². The number of hydrogen-bond donors (Lipinski definition) is 2. The molecule has 348 valence electrons. The molecule has 0 saturated carbocycles. The maximum atomic E-state index is 13.6. The van der Waals surface area contributed by atoms with Gasteiger partial charge in [0.05, 0.1) is 85.9 Å². The number of ketones is 1. The smallest absolute Gasteiger partial charge is 0.377 e. The molecular weight excluding hydrogens is 830 g/mol. The van der Waals surface area contributed by atoms with E-state index in [0.717, 1.165) is 63.4 Å². The lowest BCUT2D eigenvalue weighted by atomic mass is 9.73. The number of fused-ring (bicyclic) bond motifs is 2. The van der Waals surface area contributed by atoms with Crippen molar-refractivity contribution >= 4 is 21.4 Å². The fourth-order valence-electron chi connectivity index (χ4n) is 7.84. The first-order valence-electron chi connectivity index (χ1n) is 21.7. The van der Waals surface area contributed by atoms with Crippen molar-refractivity contribution in [3.63, 3.8) is 0 Å². The molecule has 2 N–H and O–H groups in total. The quantitative estimate of drug-likeness (QED) is 0.0481. The number of benzene rings is 1. The van der Waals surface area contributed by atoms with Crippen LogP contribution in [0.2, 0.25) is 0 Å². The third-order valence-electron chi connectivity index (χ3n) is 10.9. The number of Topliss-reactive ketones (excluding diaryl/α,β-unsaturated/α-hetero) is 1. The van der Waals surface area contributed by atoms with Crippen molar-refractivity contribution in [2.45, 2.75) is 114 Å². The van der Waals surface area contributed by atoms with Crippen molar-refractivity contribution in [3.8, 4) is 0 Å². The van der Waals surface area contributed by atoms with E-state index in [-0.39, 0.29) is 70.5 Å². The lowest BCUT2D eigenvalue weighted by molar-refractivity contribution is -0.127. The third-order valence-corrected chi connectivity index (χ3v) is 12.9. The normalized spacial score (nSPS) is 21.3. The molecule has 2 heterocycles. The van der Waals surface area contributed by atoms with Crippen LogP contribution in [0.5, 0.6) is 0 Å². The first-order chi connectivity index (χ1) is 29.0. The van der Waals surface area contributed by atoms with Gasteiger partial charge >= 0.3 is 15.6 Å². The average Bonchev–Trinajstić information content (AvgIpc) is 3.43. The summed E-state index contributed by atoms with van der Waals surface area (Å²) in [5.74, 6) is 0.342. The molecule has 2 saturated heterocycles. The molecule has 19 heteroatoms. The molecule has 2 aliphatic heterocycles. The molecule has 2 aliphatic rings. The zero-order valence-corrected chi connectivity index (χ0v) is 37.3. The molecular formula is C41H71F2NO14P2. The number of carbonyl (C=O) groups is 1. The van der Waals surface area contributed by atoms with E-state index in [9.17, 15) is 27.6 Å².